The first-order valence-corrected chi connectivity index (χ1v) is 5.94. The van der Waals surface area contributed by atoms with Crippen LogP contribution < -0.4 is 0 Å². The number of carbonyl (C=O) groups excluding carboxylic acids is 2. The van der Waals surface area contributed by atoms with Crippen molar-refractivity contribution in [2.75, 3.05) is 6.61 Å². The summed E-state index contributed by atoms with van der Waals surface area (Å²) in [7, 11) is 0. The molecule has 2 aromatic rings. The topological polar surface area (TPSA) is 102 Å². The van der Waals surface area contributed by atoms with E-state index in [0.717, 1.165) is 0 Å². The number of esters is 1. The first-order chi connectivity index (χ1) is 9.47. The number of H-pyrrole nitrogens is 1. The number of aromatic amines is 1. The van der Waals surface area contributed by atoms with Crippen molar-refractivity contribution in [3.8, 4) is 0 Å². The molecule has 0 unspecified atom stereocenters. The van der Waals surface area contributed by atoms with Crippen LogP contribution in [-0.2, 0) is 4.74 Å². The minimum atomic E-state index is -0.815. The Morgan fingerprint density at radius 3 is 2.65 bits per heavy atom. The maximum absolute atomic E-state index is 11.8. The molecule has 7 nitrogen and oxygen atoms in total. The molecule has 0 aliphatic heterocycles. The molecule has 20 heavy (non-hydrogen) atoms. The standard InChI is InChI=1S/C13H12N2O5/c1-3-20-13(17)11-12(15(18)19)9-6-4-5-8(7(2)16)10(9)14-11/h4-6,14H,3H2,1-2H3. The van der Waals surface area contributed by atoms with Crippen LogP contribution in [0.3, 0.4) is 0 Å². The van der Waals surface area contributed by atoms with Crippen LogP contribution in [0.4, 0.5) is 5.69 Å². The van der Waals surface area contributed by atoms with Crippen molar-refractivity contribution in [1.29, 1.82) is 0 Å². The zero-order chi connectivity index (χ0) is 14.9. The Morgan fingerprint density at radius 1 is 1.40 bits per heavy atom. The Labute approximate surface area is 113 Å². The second kappa shape index (κ2) is 5.12. The molecule has 0 bridgehead atoms. The summed E-state index contributed by atoms with van der Waals surface area (Å²) in [5, 5.41) is 11.4. The van der Waals surface area contributed by atoms with Crippen molar-refractivity contribution >= 4 is 28.3 Å². The number of benzene rings is 1. The lowest BCUT2D eigenvalue weighted by atomic mass is 10.1. The SMILES string of the molecule is CCOC(=O)c1[nH]c2c(C(C)=O)cccc2c1[N+](=O)[O-]. The van der Waals surface area contributed by atoms with Gasteiger partial charge in [0.1, 0.15) is 0 Å². The van der Waals surface area contributed by atoms with E-state index in [-0.39, 0.29) is 34.7 Å². The Hall–Kier alpha value is -2.70. The zero-order valence-corrected chi connectivity index (χ0v) is 10.9. The van der Waals surface area contributed by atoms with Crippen molar-refractivity contribution in [2.45, 2.75) is 13.8 Å². The molecule has 104 valence electrons. The van der Waals surface area contributed by atoms with E-state index in [2.05, 4.69) is 4.98 Å². The van der Waals surface area contributed by atoms with E-state index >= 15 is 0 Å². The molecule has 1 aromatic carbocycles. The number of ether oxygens (including phenoxy) is 1. The number of carbonyl (C=O) groups is 2. The fourth-order valence-corrected chi connectivity index (χ4v) is 2.04. The van der Waals surface area contributed by atoms with Crippen molar-refractivity contribution in [1.82, 2.24) is 4.98 Å². The molecule has 0 fully saturated rings. The summed E-state index contributed by atoms with van der Waals surface area (Å²) in [6.07, 6.45) is 0. The van der Waals surface area contributed by atoms with Gasteiger partial charge in [-0.15, -0.1) is 0 Å². The molecule has 2 rings (SSSR count). The van der Waals surface area contributed by atoms with Crippen LogP contribution in [0.5, 0.6) is 0 Å². The van der Waals surface area contributed by atoms with Gasteiger partial charge in [-0.2, -0.15) is 0 Å². The normalized spacial score (nSPS) is 10.5. The number of para-hydroxylation sites is 1. The lowest BCUT2D eigenvalue weighted by molar-refractivity contribution is -0.383. The number of nitrogens with zero attached hydrogens (tertiary/aromatic N) is 1. The van der Waals surface area contributed by atoms with Crippen LogP contribution in [0.25, 0.3) is 10.9 Å². The predicted molar refractivity (Wildman–Crippen MR) is 70.9 cm³/mol. The molecule has 0 aliphatic rings. The first-order valence-electron chi connectivity index (χ1n) is 5.94. The monoisotopic (exact) mass is 276 g/mol. The quantitative estimate of drug-likeness (QED) is 0.400. The largest absolute Gasteiger partial charge is 0.461 e. The number of rotatable bonds is 4. The number of ketones is 1. The summed E-state index contributed by atoms with van der Waals surface area (Å²) in [5.74, 6) is -1.06. The van der Waals surface area contributed by atoms with E-state index in [1.807, 2.05) is 0 Å². The van der Waals surface area contributed by atoms with Crippen LogP contribution in [0.1, 0.15) is 34.7 Å². The number of fused-ring (bicyclic) bond motifs is 1. The average molecular weight is 276 g/mol. The second-order valence-electron chi connectivity index (χ2n) is 4.11. The fraction of sp³-hybridized carbons (Fsp3) is 0.231. The molecular weight excluding hydrogens is 264 g/mol. The highest BCUT2D eigenvalue weighted by Gasteiger charge is 2.29. The molecule has 0 amide bonds. The number of aromatic nitrogens is 1. The third-order valence-electron chi connectivity index (χ3n) is 2.85. The van der Waals surface area contributed by atoms with Gasteiger partial charge in [0.05, 0.1) is 22.4 Å². The summed E-state index contributed by atoms with van der Waals surface area (Å²) >= 11 is 0. The molecule has 0 saturated carbocycles. The average Bonchev–Trinajstić information content (AvgIpc) is 2.77. The van der Waals surface area contributed by atoms with Crippen LogP contribution in [0.15, 0.2) is 18.2 Å². The number of hydrogen-bond acceptors (Lipinski definition) is 5. The third-order valence-corrected chi connectivity index (χ3v) is 2.85. The molecule has 0 aliphatic carbocycles. The fourth-order valence-electron chi connectivity index (χ4n) is 2.04. The minimum Gasteiger partial charge on any atom is -0.461 e. The van der Waals surface area contributed by atoms with E-state index in [1.165, 1.54) is 19.1 Å². The van der Waals surface area contributed by atoms with E-state index in [9.17, 15) is 19.7 Å². The zero-order valence-electron chi connectivity index (χ0n) is 10.9. The van der Waals surface area contributed by atoms with Gasteiger partial charge in [0.25, 0.3) is 0 Å². The summed E-state index contributed by atoms with van der Waals surface area (Å²) in [6.45, 7) is 3.06. The molecule has 7 heteroatoms. The van der Waals surface area contributed by atoms with E-state index < -0.39 is 10.9 Å². The van der Waals surface area contributed by atoms with E-state index in [0.29, 0.717) is 5.56 Å². The highest BCUT2D eigenvalue weighted by Crippen LogP contribution is 2.32. The summed E-state index contributed by atoms with van der Waals surface area (Å²) < 4.78 is 4.79. The van der Waals surface area contributed by atoms with E-state index in [4.69, 9.17) is 4.74 Å². The van der Waals surface area contributed by atoms with Gasteiger partial charge in [-0.05, 0) is 26.0 Å². The van der Waals surface area contributed by atoms with Crippen LogP contribution in [0, 0.1) is 10.1 Å². The second-order valence-corrected chi connectivity index (χ2v) is 4.11. The van der Waals surface area contributed by atoms with Crippen LogP contribution in [-0.4, -0.2) is 28.3 Å². The van der Waals surface area contributed by atoms with Gasteiger partial charge in [-0.1, -0.05) is 6.07 Å². The van der Waals surface area contributed by atoms with Gasteiger partial charge in [0.2, 0.25) is 5.69 Å². The number of nitro groups is 1. The van der Waals surface area contributed by atoms with Crippen molar-refractivity contribution in [3.05, 3.63) is 39.6 Å². The van der Waals surface area contributed by atoms with Gasteiger partial charge in [0.15, 0.2) is 5.78 Å². The van der Waals surface area contributed by atoms with E-state index in [1.54, 1.807) is 13.0 Å². The molecule has 0 atom stereocenters. The Balaban J connectivity index is 2.78. The molecule has 1 heterocycles. The van der Waals surface area contributed by atoms with Crippen molar-refractivity contribution < 1.29 is 19.2 Å². The number of Topliss-reactive ketones (excluding diaryl/α,β-unsaturated/α-hetero) is 1. The van der Waals surface area contributed by atoms with Gasteiger partial charge in [-0.3, -0.25) is 14.9 Å². The number of nitrogens with one attached hydrogen (secondary N) is 1. The molecular formula is C13H12N2O5. The third kappa shape index (κ3) is 2.13. The highest BCUT2D eigenvalue weighted by molar-refractivity contribution is 6.11. The molecule has 0 spiro atoms. The molecule has 1 N–H and O–H groups in total. The van der Waals surface area contributed by atoms with Gasteiger partial charge < -0.3 is 9.72 Å². The minimum absolute atomic E-state index is 0.102. The lowest BCUT2D eigenvalue weighted by Crippen LogP contribution is -2.07. The van der Waals surface area contributed by atoms with Crippen LogP contribution in [0.2, 0.25) is 0 Å². The lowest BCUT2D eigenvalue weighted by Gasteiger charge is -1.98. The Morgan fingerprint density at radius 2 is 2.10 bits per heavy atom. The molecule has 1 aromatic heterocycles. The Kier molecular flexibility index (Phi) is 3.51. The maximum atomic E-state index is 11.8. The highest BCUT2D eigenvalue weighted by atomic mass is 16.6. The number of hydrogen-bond donors (Lipinski definition) is 1. The first kappa shape index (κ1) is 13.7. The summed E-state index contributed by atoms with van der Waals surface area (Å²) in [6, 6.07) is 4.56. The van der Waals surface area contributed by atoms with Crippen molar-refractivity contribution in [2.24, 2.45) is 0 Å². The molecule has 0 saturated heterocycles. The summed E-state index contributed by atoms with van der Waals surface area (Å²) in [5.41, 5.74) is -0.0574. The summed E-state index contributed by atoms with van der Waals surface area (Å²) in [4.78, 5) is 36.5. The predicted octanol–water partition coefficient (Wildman–Crippen LogP) is 2.46. The van der Waals surface area contributed by atoms with Crippen LogP contribution >= 0.6 is 0 Å². The molecule has 0 radical (unpaired) electrons. The van der Waals surface area contributed by atoms with Gasteiger partial charge >= 0.3 is 11.7 Å². The maximum Gasteiger partial charge on any atom is 0.362 e. The van der Waals surface area contributed by atoms with Crippen molar-refractivity contribution in [3.63, 3.8) is 0 Å². The Bertz CT molecular complexity index is 717. The van der Waals surface area contributed by atoms with Gasteiger partial charge in [-0.25, -0.2) is 4.79 Å². The smallest absolute Gasteiger partial charge is 0.362 e. The van der Waals surface area contributed by atoms with Gasteiger partial charge in [0, 0.05) is 5.56 Å².